The fourth-order valence-electron chi connectivity index (χ4n) is 2.29. The monoisotopic (exact) mass is 257 g/mol. The van der Waals surface area contributed by atoms with E-state index >= 15 is 0 Å². The molecule has 96 valence electrons. The van der Waals surface area contributed by atoms with Gasteiger partial charge in [-0.05, 0) is 43.4 Å². The van der Waals surface area contributed by atoms with Crippen molar-refractivity contribution in [2.75, 3.05) is 6.61 Å². The quantitative estimate of drug-likeness (QED) is 0.758. The molecule has 3 N–H and O–H groups in total. The Hall–Kier alpha value is -0.770. The number of hydrogen-bond acceptors (Lipinski definition) is 3. The molecular formula is C13H20ClNO2. The lowest BCUT2D eigenvalue weighted by atomic mass is 9.74. The first kappa shape index (κ1) is 14.3. The van der Waals surface area contributed by atoms with Gasteiger partial charge < -0.3 is 15.5 Å². The molecule has 0 heterocycles. The maximum absolute atomic E-state index is 9.35. The standard InChI is InChI=1S/C13H19NO2.ClH/c15-8-7-13(5-2-6-13)14-10-11-3-1-4-12(16)9-11;/h1,3-4,9,14-16H,2,5-8,10H2;1H. The molecule has 17 heavy (non-hydrogen) atoms. The largest absolute Gasteiger partial charge is 0.508 e. The van der Waals surface area contributed by atoms with Gasteiger partial charge in [-0.25, -0.2) is 0 Å². The molecule has 0 bridgehead atoms. The van der Waals surface area contributed by atoms with Crippen LogP contribution >= 0.6 is 12.4 Å². The van der Waals surface area contributed by atoms with Crippen molar-refractivity contribution in [1.82, 2.24) is 5.32 Å². The van der Waals surface area contributed by atoms with Gasteiger partial charge in [0.2, 0.25) is 0 Å². The van der Waals surface area contributed by atoms with Gasteiger partial charge in [-0.1, -0.05) is 12.1 Å². The van der Waals surface area contributed by atoms with E-state index in [1.807, 2.05) is 12.1 Å². The first-order chi connectivity index (χ1) is 7.74. The second-order valence-corrected chi connectivity index (χ2v) is 4.63. The maximum atomic E-state index is 9.35. The lowest BCUT2D eigenvalue weighted by Gasteiger charge is -2.42. The molecule has 1 aromatic carbocycles. The van der Waals surface area contributed by atoms with Crippen LogP contribution in [0.2, 0.25) is 0 Å². The summed E-state index contributed by atoms with van der Waals surface area (Å²) in [4.78, 5) is 0. The fourth-order valence-corrected chi connectivity index (χ4v) is 2.29. The van der Waals surface area contributed by atoms with E-state index in [0.29, 0.717) is 5.75 Å². The van der Waals surface area contributed by atoms with Crippen LogP contribution in [0.15, 0.2) is 24.3 Å². The van der Waals surface area contributed by atoms with E-state index in [1.54, 1.807) is 12.1 Å². The van der Waals surface area contributed by atoms with Crippen molar-refractivity contribution in [2.24, 2.45) is 0 Å². The van der Waals surface area contributed by atoms with E-state index in [9.17, 15) is 5.11 Å². The van der Waals surface area contributed by atoms with Crippen LogP contribution in [0.25, 0.3) is 0 Å². The second kappa shape index (κ2) is 6.24. The Balaban J connectivity index is 0.00000144. The van der Waals surface area contributed by atoms with Gasteiger partial charge in [0.1, 0.15) is 5.75 Å². The highest BCUT2D eigenvalue weighted by Crippen LogP contribution is 2.34. The average molecular weight is 258 g/mol. The smallest absolute Gasteiger partial charge is 0.115 e. The van der Waals surface area contributed by atoms with Crippen molar-refractivity contribution in [2.45, 2.75) is 37.8 Å². The fraction of sp³-hybridized carbons (Fsp3) is 0.538. The summed E-state index contributed by atoms with van der Waals surface area (Å²) in [6, 6.07) is 7.30. The molecule has 2 rings (SSSR count). The number of rotatable bonds is 5. The molecule has 1 saturated carbocycles. The zero-order chi connectivity index (χ0) is 11.4. The number of phenols is 1. The third-order valence-electron chi connectivity index (χ3n) is 3.48. The molecule has 0 radical (unpaired) electrons. The topological polar surface area (TPSA) is 52.5 Å². The highest BCUT2D eigenvalue weighted by molar-refractivity contribution is 5.85. The van der Waals surface area contributed by atoms with Gasteiger partial charge in [-0.2, -0.15) is 0 Å². The molecule has 0 amide bonds. The van der Waals surface area contributed by atoms with E-state index in [4.69, 9.17) is 5.11 Å². The number of nitrogens with one attached hydrogen (secondary N) is 1. The molecule has 0 saturated heterocycles. The van der Waals surface area contributed by atoms with Gasteiger partial charge in [0.25, 0.3) is 0 Å². The average Bonchev–Trinajstić information content (AvgIpc) is 2.22. The van der Waals surface area contributed by atoms with Gasteiger partial charge in [0.05, 0.1) is 0 Å². The normalized spacial score (nSPS) is 17.0. The van der Waals surface area contributed by atoms with Crippen molar-refractivity contribution < 1.29 is 10.2 Å². The lowest BCUT2D eigenvalue weighted by molar-refractivity contribution is 0.130. The Labute approximate surface area is 108 Å². The van der Waals surface area contributed by atoms with Crippen LogP contribution in [0.1, 0.15) is 31.2 Å². The van der Waals surface area contributed by atoms with Crippen molar-refractivity contribution in [1.29, 1.82) is 0 Å². The van der Waals surface area contributed by atoms with Gasteiger partial charge >= 0.3 is 0 Å². The number of phenolic OH excluding ortho intramolecular Hbond substituents is 1. The minimum absolute atomic E-state index is 0. The molecule has 1 aliphatic carbocycles. The Kier molecular flexibility index (Phi) is 5.25. The molecule has 4 heteroatoms. The van der Waals surface area contributed by atoms with Crippen LogP contribution < -0.4 is 5.32 Å². The summed E-state index contributed by atoms with van der Waals surface area (Å²) in [5.74, 6) is 0.309. The number of aliphatic hydroxyl groups excluding tert-OH is 1. The molecule has 3 nitrogen and oxygen atoms in total. The molecule has 0 spiro atoms. The minimum atomic E-state index is 0. The van der Waals surface area contributed by atoms with Crippen LogP contribution in [-0.4, -0.2) is 22.4 Å². The maximum Gasteiger partial charge on any atom is 0.115 e. The van der Waals surface area contributed by atoms with Gasteiger partial charge in [-0.3, -0.25) is 0 Å². The Bertz CT molecular complexity index is 353. The summed E-state index contributed by atoms with van der Waals surface area (Å²) < 4.78 is 0. The number of halogens is 1. The van der Waals surface area contributed by atoms with E-state index in [-0.39, 0.29) is 24.6 Å². The van der Waals surface area contributed by atoms with Crippen LogP contribution in [0.3, 0.4) is 0 Å². The van der Waals surface area contributed by atoms with Crippen LogP contribution in [0.4, 0.5) is 0 Å². The van der Waals surface area contributed by atoms with Crippen LogP contribution in [0.5, 0.6) is 5.75 Å². The van der Waals surface area contributed by atoms with E-state index in [1.165, 1.54) is 6.42 Å². The molecular weight excluding hydrogens is 238 g/mol. The third kappa shape index (κ3) is 3.60. The highest BCUT2D eigenvalue weighted by Gasteiger charge is 2.35. The summed E-state index contributed by atoms with van der Waals surface area (Å²) in [5.41, 5.74) is 1.23. The van der Waals surface area contributed by atoms with E-state index in [2.05, 4.69) is 5.32 Å². The SMILES string of the molecule is Cl.OCCC1(NCc2cccc(O)c2)CCC1. The van der Waals surface area contributed by atoms with E-state index < -0.39 is 0 Å². The van der Waals surface area contributed by atoms with E-state index in [0.717, 1.165) is 31.4 Å². The number of hydrogen-bond donors (Lipinski definition) is 3. The zero-order valence-electron chi connectivity index (χ0n) is 9.85. The Morgan fingerprint density at radius 2 is 2.06 bits per heavy atom. The predicted molar refractivity (Wildman–Crippen MR) is 70.5 cm³/mol. The summed E-state index contributed by atoms with van der Waals surface area (Å²) in [5, 5.41) is 21.9. The first-order valence-corrected chi connectivity index (χ1v) is 5.88. The molecule has 0 aromatic heterocycles. The summed E-state index contributed by atoms with van der Waals surface area (Å²) in [7, 11) is 0. The van der Waals surface area contributed by atoms with Crippen molar-refractivity contribution in [3.63, 3.8) is 0 Å². The van der Waals surface area contributed by atoms with Crippen molar-refractivity contribution >= 4 is 12.4 Å². The zero-order valence-corrected chi connectivity index (χ0v) is 10.7. The van der Waals surface area contributed by atoms with Crippen LogP contribution in [-0.2, 0) is 6.54 Å². The Morgan fingerprint density at radius 3 is 2.59 bits per heavy atom. The highest BCUT2D eigenvalue weighted by atomic mass is 35.5. The number of benzene rings is 1. The molecule has 1 aliphatic rings. The molecule has 0 unspecified atom stereocenters. The Morgan fingerprint density at radius 1 is 1.29 bits per heavy atom. The van der Waals surface area contributed by atoms with Crippen molar-refractivity contribution in [3.05, 3.63) is 29.8 Å². The summed E-state index contributed by atoms with van der Waals surface area (Å²) in [6.45, 7) is 1.00. The minimum Gasteiger partial charge on any atom is -0.508 e. The molecule has 0 aliphatic heterocycles. The van der Waals surface area contributed by atoms with Gasteiger partial charge in [0, 0.05) is 18.7 Å². The molecule has 0 atom stereocenters. The number of aliphatic hydroxyl groups is 1. The van der Waals surface area contributed by atoms with Crippen molar-refractivity contribution in [3.8, 4) is 5.75 Å². The third-order valence-corrected chi connectivity index (χ3v) is 3.48. The van der Waals surface area contributed by atoms with Gasteiger partial charge in [0.15, 0.2) is 0 Å². The predicted octanol–water partition coefficient (Wildman–Crippen LogP) is 2.21. The lowest BCUT2D eigenvalue weighted by Crippen LogP contribution is -2.51. The van der Waals surface area contributed by atoms with Gasteiger partial charge in [-0.15, -0.1) is 12.4 Å². The summed E-state index contributed by atoms with van der Waals surface area (Å²) in [6.07, 6.45) is 4.36. The summed E-state index contributed by atoms with van der Waals surface area (Å²) >= 11 is 0. The first-order valence-electron chi connectivity index (χ1n) is 5.88. The molecule has 1 aromatic rings. The van der Waals surface area contributed by atoms with Crippen LogP contribution in [0, 0.1) is 0 Å². The molecule has 1 fully saturated rings. The number of aromatic hydroxyl groups is 1. The second-order valence-electron chi connectivity index (χ2n) is 4.63.